The van der Waals surface area contributed by atoms with Crippen molar-refractivity contribution in [3.05, 3.63) is 58.3 Å². The maximum atomic E-state index is 13.8. The van der Waals surface area contributed by atoms with Gasteiger partial charge < -0.3 is 14.8 Å². The van der Waals surface area contributed by atoms with Crippen molar-refractivity contribution in [3.8, 4) is 17.5 Å². The topological polar surface area (TPSA) is 106 Å². The molecule has 0 unspecified atom stereocenters. The standard InChI is InChI=1S/C27H29ClFN6O2.C4H11N.CH2O.Pb/c1-16(2)19-10-17(29)4-5-22(19)37-26-31-25(24(28)32-33-26)35-14-27(15-35)11-18(12-27)36-23-6-8-30-21-7-9-34(3)13-20(21)23;1-4(2)5-3;1-2;/h4-6,8,10,16,18H,3,7,9,11-15H2,1-2H3;4-5H,1-3H3;1H2;. The van der Waals surface area contributed by atoms with Gasteiger partial charge in [-0.1, -0.05) is 44.4 Å². The number of aromatic nitrogens is 4. The zero-order valence-electron chi connectivity index (χ0n) is 26.6. The number of pyridine rings is 1. The third kappa shape index (κ3) is 8.66. The molecule has 0 atom stereocenters. The maximum Gasteiger partial charge on any atom is 0.000733 e. The van der Waals surface area contributed by atoms with E-state index in [2.05, 4.69) is 49.1 Å². The summed E-state index contributed by atoms with van der Waals surface area (Å²) < 4.78 is 27.3. The van der Waals surface area contributed by atoms with Gasteiger partial charge in [-0.3, -0.25) is 0 Å². The van der Waals surface area contributed by atoms with E-state index in [-0.39, 0.29) is 34.4 Å². The van der Waals surface area contributed by atoms with Gasteiger partial charge in [-0.25, -0.2) is 4.39 Å². The number of carbonyl (C=O) groups is 1. The monoisotopic (exact) mass is 834 g/mol. The molecular weight excluding hydrogens is 792 g/mol. The predicted octanol–water partition coefficient (Wildman–Crippen LogP) is 4.94. The number of nitrogens with one attached hydrogen (secondary N) is 1. The third-order valence-electron chi connectivity index (χ3n) is 8.32. The first kappa shape index (κ1) is 35.4. The number of hydrogen-bond donors (Lipinski definition) is 1. The Morgan fingerprint density at radius 3 is 2.51 bits per heavy atom. The van der Waals surface area contributed by atoms with Gasteiger partial charge in [-0.2, -0.15) is 4.98 Å². The minimum Gasteiger partial charge on any atom is -0.318 e. The molecule has 45 heavy (non-hydrogen) atoms. The summed E-state index contributed by atoms with van der Waals surface area (Å²) in [6.45, 7) is 13.9. The van der Waals surface area contributed by atoms with Gasteiger partial charge in [0.15, 0.2) is 5.15 Å². The number of rotatable bonds is 8. The zero-order chi connectivity index (χ0) is 32.7. The molecule has 3 aromatic rings. The number of nitrogens with zero attached hydrogens (tertiary/aromatic N) is 6. The van der Waals surface area contributed by atoms with Gasteiger partial charge in [0.1, 0.15) is 18.4 Å². The molecule has 1 saturated heterocycles. The van der Waals surface area contributed by atoms with E-state index < -0.39 is 0 Å². The summed E-state index contributed by atoms with van der Waals surface area (Å²) in [6, 6.07) is 7.18. The fourth-order valence-corrected chi connectivity index (χ4v) is 7.00. The Morgan fingerprint density at radius 1 is 1.16 bits per heavy atom. The van der Waals surface area contributed by atoms with Crippen LogP contribution in [0.5, 0.6) is 17.5 Å². The summed E-state index contributed by atoms with van der Waals surface area (Å²) in [5.41, 5.74) is 3.39. The van der Waals surface area contributed by atoms with Crippen LogP contribution in [0.25, 0.3) is 0 Å². The summed E-state index contributed by atoms with van der Waals surface area (Å²) in [7, 11) is 1.95. The van der Waals surface area contributed by atoms with Crippen LogP contribution < -0.4 is 19.7 Å². The second kappa shape index (κ2) is 15.9. The van der Waals surface area contributed by atoms with E-state index >= 15 is 0 Å². The van der Waals surface area contributed by atoms with Crippen molar-refractivity contribution >= 4 is 50.0 Å². The number of carbonyl (C=O) groups excluding carboxylic acids is 1. The second-order valence-electron chi connectivity index (χ2n) is 12.3. The van der Waals surface area contributed by atoms with Crippen molar-refractivity contribution in [1.29, 1.82) is 0 Å². The summed E-state index contributed by atoms with van der Waals surface area (Å²) >= 11 is 7.55. The van der Waals surface area contributed by atoms with E-state index in [0.29, 0.717) is 17.6 Å². The first-order valence-corrected chi connectivity index (χ1v) is 18.3. The van der Waals surface area contributed by atoms with E-state index in [1.165, 1.54) is 53.3 Å². The number of benzene rings is 1. The Balaban J connectivity index is 0.000000602. The maximum absolute atomic E-state index is 13.8. The summed E-state index contributed by atoms with van der Waals surface area (Å²) in [5, 5.41) is 11.4. The average molecular weight is 834 g/mol. The van der Waals surface area contributed by atoms with Crippen LogP contribution in [0.3, 0.4) is 0 Å². The molecule has 6 rings (SSSR count). The predicted molar refractivity (Wildman–Crippen MR) is 174 cm³/mol. The van der Waals surface area contributed by atoms with Crippen LogP contribution in [0.2, 0.25) is 5.15 Å². The van der Waals surface area contributed by atoms with Gasteiger partial charge in [0, 0.05) is 11.6 Å². The Labute approximate surface area is 286 Å². The quantitative estimate of drug-likeness (QED) is 0.314. The normalized spacial score (nSPS) is 17.0. The van der Waals surface area contributed by atoms with Gasteiger partial charge in [-0.05, 0) is 31.2 Å². The van der Waals surface area contributed by atoms with Gasteiger partial charge >= 0.3 is 147 Å². The molecule has 2 fully saturated rings. The van der Waals surface area contributed by atoms with Crippen molar-refractivity contribution in [3.63, 3.8) is 0 Å². The van der Waals surface area contributed by atoms with Crippen molar-refractivity contribution in [1.82, 2.24) is 30.4 Å². The first-order chi connectivity index (χ1) is 21.6. The average Bonchev–Trinajstić information content (AvgIpc) is 3.00. The molecule has 1 N–H and O–H groups in total. The van der Waals surface area contributed by atoms with Gasteiger partial charge in [0.05, 0.1) is 0 Å². The number of anilines is 1. The minimum atomic E-state index is -0.307. The van der Waals surface area contributed by atoms with Crippen molar-refractivity contribution in [2.75, 3.05) is 35.7 Å². The van der Waals surface area contributed by atoms with Gasteiger partial charge in [0.25, 0.3) is 0 Å². The smallest absolute Gasteiger partial charge is 0.000733 e. The molecule has 1 aromatic carbocycles. The molecule has 1 saturated carbocycles. The fraction of sp³-hybridized carbons (Fsp3) is 0.531. The van der Waals surface area contributed by atoms with Crippen LogP contribution in [-0.4, -0.2) is 101 Å². The van der Waals surface area contributed by atoms with E-state index in [0.717, 1.165) is 56.8 Å². The van der Waals surface area contributed by atoms with E-state index in [1.807, 2.05) is 39.9 Å². The summed E-state index contributed by atoms with van der Waals surface area (Å²) in [4.78, 5) is 21.8. The zero-order valence-corrected chi connectivity index (χ0v) is 31.3. The molecule has 3 aliphatic rings. The van der Waals surface area contributed by atoms with Crippen LogP contribution in [-0.2, 0) is 17.8 Å². The molecule has 0 amide bonds. The fourth-order valence-electron chi connectivity index (χ4n) is 5.75. The van der Waals surface area contributed by atoms with Crippen LogP contribution in [0, 0.1) is 11.2 Å². The Morgan fingerprint density at radius 2 is 1.87 bits per heavy atom. The molecule has 2 aliphatic heterocycles. The van der Waals surface area contributed by atoms with E-state index in [1.54, 1.807) is 6.07 Å². The molecule has 4 heterocycles. The first-order valence-electron chi connectivity index (χ1n) is 15.2. The largest absolute Gasteiger partial charge is 0.318 e. The second-order valence-corrected chi connectivity index (χ2v) is 13.9. The van der Waals surface area contributed by atoms with Crippen LogP contribution in [0.4, 0.5) is 10.2 Å². The molecule has 3 radical (unpaired) electrons. The number of ether oxygens (including phenoxy) is 2. The number of halogens is 2. The SMILES string of the molecule is C=O.CC(C)c1cc(F)ccc1Oc1nnc(Cl)c(N2CC3(CC(Oc4ccnc5c4CN([CH2][Pb])CC5)C3)C2)n1.CNC(C)C. The Bertz CT molecular complexity index is 1440. The van der Waals surface area contributed by atoms with Crippen LogP contribution in [0.15, 0.2) is 30.5 Å². The molecule has 1 aliphatic carbocycles. The molecule has 0 bridgehead atoms. The van der Waals surface area contributed by atoms with Crippen LogP contribution in [0.1, 0.15) is 63.3 Å². The minimum absolute atomic E-state index is 0.0781. The van der Waals surface area contributed by atoms with E-state index in [4.69, 9.17) is 25.9 Å². The molecule has 1 spiro atoms. The number of hydrogen-bond acceptors (Lipinski definition) is 10. The van der Waals surface area contributed by atoms with E-state index in [9.17, 15) is 4.39 Å². The molecule has 241 valence electrons. The Hall–Kier alpha value is -2.49. The molecule has 10 nitrogen and oxygen atoms in total. The summed E-state index contributed by atoms with van der Waals surface area (Å²) in [5.74, 6) is 1.84. The molecule has 2 aromatic heterocycles. The van der Waals surface area contributed by atoms with Crippen LogP contribution >= 0.6 is 11.6 Å². The van der Waals surface area contributed by atoms with Crippen molar-refractivity contribution < 1.29 is 18.7 Å². The molecular formula is C32H42ClFN7O3Pb. The van der Waals surface area contributed by atoms with Crippen molar-refractivity contribution in [2.24, 2.45) is 5.41 Å². The molecule has 13 heteroatoms. The summed E-state index contributed by atoms with van der Waals surface area (Å²) in [6.07, 6.45) is 5.08. The van der Waals surface area contributed by atoms with Crippen molar-refractivity contribution in [2.45, 2.75) is 71.6 Å². The number of fused-ring (bicyclic) bond motifs is 1. The van der Waals surface area contributed by atoms with Gasteiger partial charge in [-0.15, -0.1) is 5.10 Å². The Kier molecular flexibility index (Phi) is 12.5. The third-order valence-corrected chi connectivity index (χ3v) is 10.3. The van der Waals surface area contributed by atoms with Gasteiger partial charge in [0.2, 0.25) is 0 Å².